The summed E-state index contributed by atoms with van der Waals surface area (Å²) in [5.74, 6) is 0. The number of likely N-dealkylation sites (tertiary alicyclic amines) is 1. The fourth-order valence-corrected chi connectivity index (χ4v) is 1.91. The number of nitrogens with zero attached hydrogens (tertiary/aromatic N) is 2. The van der Waals surface area contributed by atoms with Crippen molar-refractivity contribution in [2.24, 2.45) is 5.18 Å². The van der Waals surface area contributed by atoms with Crippen LogP contribution in [-0.2, 0) is 4.74 Å². The number of carbonyl (C=O) groups is 1. The largest absolute Gasteiger partial charge is 0.444 e. The van der Waals surface area contributed by atoms with Gasteiger partial charge >= 0.3 is 6.09 Å². The van der Waals surface area contributed by atoms with Crippen LogP contribution in [0.3, 0.4) is 0 Å². The molecule has 1 fully saturated rings. The standard InChI is InChI=1S/C11H20N2O4/c1-11(2,3)17-10(15)13-7-9(14)6-8(13)4-5-12-16/h8-9,14H,4-7H2,1-3H3/t8?,9-/m1/s1. The van der Waals surface area contributed by atoms with Gasteiger partial charge in [-0.05, 0) is 33.6 Å². The zero-order valence-corrected chi connectivity index (χ0v) is 10.5. The predicted octanol–water partition coefficient (Wildman–Crippen LogP) is 1.51. The van der Waals surface area contributed by atoms with E-state index in [1.54, 1.807) is 20.8 Å². The Kier molecular flexibility index (Phi) is 4.45. The lowest BCUT2D eigenvalue weighted by molar-refractivity contribution is 0.0204. The molecule has 17 heavy (non-hydrogen) atoms. The van der Waals surface area contributed by atoms with Crippen LogP contribution in [0.4, 0.5) is 4.79 Å². The summed E-state index contributed by atoms with van der Waals surface area (Å²) >= 11 is 0. The zero-order valence-electron chi connectivity index (χ0n) is 10.5. The second kappa shape index (κ2) is 5.44. The van der Waals surface area contributed by atoms with E-state index >= 15 is 0 Å². The Hall–Kier alpha value is -1.17. The smallest absolute Gasteiger partial charge is 0.410 e. The molecule has 0 spiro atoms. The summed E-state index contributed by atoms with van der Waals surface area (Å²) in [6, 6.07) is -0.155. The molecule has 1 aliphatic heterocycles. The first-order chi connectivity index (χ1) is 7.83. The Morgan fingerprint density at radius 1 is 1.53 bits per heavy atom. The first-order valence-electron chi connectivity index (χ1n) is 5.80. The Morgan fingerprint density at radius 3 is 2.71 bits per heavy atom. The van der Waals surface area contributed by atoms with E-state index in [1.807, 2.05) is 0 Å². The molecule has 1 saturated heterocycles. The Labute approximate surface area is 101 Å². The summed E-state index contributed by atoms with van der Waals surface area (Å²) in [4.78, 5) is 23.5. The molecule has 6 nitrogen and oxygen atoms in total. The number of carbonyl (C=O) groups excluding carboxylic acids is 1. The molecule has 1 rings (SSSR count). The van der Waals surface area contributed by atoms with Gasteiger partial charge in [0.05, 0.1) is 19.2 Å². The number of aliphatic hydroxyl groups excluding tert-OH is 1. The molecule has 0 aromatic carbocycles. The Balaban J connectivity index is 2.60. The molecule has 0 saturated carbocycles. The summed E-state index contributed by atoms with van der Waals surface area (Å²) in [6.45, 7) is 5.78. The van der Waals surface area contributed by atoms with Gasteiger partial charge in [-0.25, -0.2) is 4.79 Å². The van der Waals surface area contributed by atoms with E-state index in [-0.39, 0.29) is 19.1 Å². The van der Waals surface area contributed by atoms with Gasteiger partial charge in [0.25, 0.3) is 0 Å². The number of β-amino-alcohol motifs (C(OH)–C–C–N with tert-alkyl or cyclic N) is 1. The topological polar surface area (TPSA) is 79.2 Å². The van der Waals surface area contributed by atoms with E-state index in [0.29, 0.717) is 12.8 Å². The highest BCUT2D eigenvalue weighted by Gasteiger charge is 2.36. The Morgan fingerprint density at radius 2 is 2.18 bits per heavy atom. The second-order valence-corrected chi connectivity index (χ2v) is 5.32. The average Bonchev–Trinajstić information content (AvgIpc) is 2.54. The molecule has 1 amide bonds. The van der Waals surface area contributed by atoms with Gasteiger partial charge in [-0.15, -0.1) is 0 Å². The minimum absolute atomic E-state index is 0.149. The van der Waals surface area contributed by atoms with Gasteiger partial charge in [-0.3, -0.25) is 0 Å². The van der Waals surface area contributed by atoms with Gasteiger partial charge < -0.3 is 14.7 Å². The van der Waals surface area contributed by atoms with E-state index in [9.17, 15) is 14.8 Å². The maximum atomic E-state index is 11.9. The van der Waals surface area contributed by atoms with E-state index in [4.69, 9.17) is 4.74 Å². The molecular formula is C11H20N2O4. The predicted molar refractivity (Wildman–Crippen MR) is 62.6 cm³/mol. The number of ether oxygens (including phenoxy) is 1. The van der Waals surface area contributed by atoms with Crippen molar-refractivity contribution < 1.29 is 14.6 Å². The van der Waals surface area contributed by atoms with Gasteiger partial charge in [0, 0.05) is 6.04 Å². The molecule has 1 N–H and O–H groups in total. The molecule has 0 aromatic heterocycles. The van der Waals surface area contributed by atoms with Crippen molar-refractivity contribution in [3.63, 3.8) is 0 Å². The molecule has 2 atom stereocenters. The van der Waals surface area contributed by atoms with Gasteiger partial charge in [0.15, 0.2) is 0 Å². The third kappa shape index (κ3) is 4.30. The lowest BCUT2D eigenvalue weighted by Gasteiger charge is -2.28. The number of rotatable bonds is 3. The van der Waals surface area contributed by atoms with Crippen LogP contribution in [0.25, 0.3) is 0 Å². The second-order valence-electron chi connectivity index (χ2n) is 5.32. The maximum Gasteiger partial charge on any atom is 0.410 e. The van der Waals surface area contributed by atoms with E-state index in [2.05, 4.69) is 5.18 Å². The van der Waals surface area contributed by atoms with Crippen molar-refractivity contribution >= 4 is 6.09 Å². The van der Waals surface area contributed by atoms with Crippen molar-refractivity contribution in [1.82, 2.24) is 4.90 Å². The number of hydrogen-bond acceptors (Lipinski definition) is 5. The van der Waals surface area contributed by atoms with E-state index in [0.717, 1.165) is 0 Å². The third-order valence-electron chi connectivity index (χ3n) is 2.57. The summed E-state index contributed by atoms with van der Waals surface area (Å²) in [7, 11) is 0. The molecule has 0 bridgehead atoms. The maximum absolute atomic E-state index is 11.9. The summed E-state index contributed by atoms with van der Waals surface area (Å²) < 4.78 is 5.25. The van der Waals surface area contributed by atoms with Gasteiger partial charge in [0.2, 0.25) is 0 Å². The van der Waals surface area contributed by atoms with Crippen LogP contribution in [0.1, 0.15) is 33.6 Å². The third-order valence-corrected chi connectivity index (χ3v) is 2.57. The molecule has 1 unspecified atom stereocenters. The summed E-state index contributed by atoms with van der Waals surface area (Å²) in [6.07, 6.45) is -0.0294. The zero-order chi connectivity index (χ0) is 13.1. The van der Waals surface area contributed by atoms with Crippen LogP contribution in [0.15, 0.2) is 5.18 Å². The average molecular weight is 244 g/mol. The fraction of sp³-hybridized carbons (Fsp3) is 0.909. The van der Waals surface area contributed by atoms with Crippen LogP contribution >= 0.6 is 0 Å². The van der Waals surface area contributed by atoms with Crippen molar-refractivity contribution in [1.29, 1.82) is 0 Å². The monoisotopic (exact) mass is 244 g/mol. The number of amides is 1. The first kappa shape index (κ1) is 13.9. The van der Waals surface area contributed by atoms with Crippen molar-refractivity contribution in [2.45, 2.75) is 51.4 Å². The molecule has 6 heteroatoms. The van der Waals surface area contributed by atoms with Crippen LogP contribution in [0.2, 0.25) is 0 Å². The number of hydrogen-bond donors (Lipinski definition) is 1. The summed E-state index contributed by atoms with van der Waals surface area (Å²) in [5, 5.41) is 12.3. The lowest BCUT2D eigenvalue weighted by atomic mass is 10.1. The van der Waals surface area contributed by atoms with Crippen LogP contribution < -0.4 is 0 Å². The van der Waals surface area contributed by atoms with Crippen molar-refractivity contribution in [3.05, 3.63) is 4.91 Å². The molecule has 1 aliphatic rings. The van der Waals surface area contributed by atoms with Gasteiger partial charge in [-0.2, -0.15) is 4.91 Å². The Bertz CT molecular complexity index is 288. The summed E-state index contributed by atoms with van der Waals surface area (Å²) in [5.41, 5.74) is -0.557. The molecule has 0 radical (unpaired) electrons. The SMILES string of the molecule is CC(C)(C)OC(=O)N1C[C@H](O)CC1CCN=O. The molecule has 1 heterocycles. The van der Waals surface area contributed by atoms with Gasteiger partial charge in [-0.1, -0.05) is 5.18 Å². The lowest BCUT2D eigenvalue weighted by Crippen LogP contribution is -2.40. The van der Waals surface area contributed by atoms with Crippen molar-refractivity contribution in [2.75, 3.05) is 13.1 Å². The number of aliphatic hydroxyl groups is 1. The van der Waals surface area contributed by atoms with Crippen LogP contribution in [0, 0.1) is 4.91 Å². The molecular weight excluding hydrogens is 224 g/mol. The van der Waals surface area contributed by atoms with Crippen LogP contribution in [-0.4, -0.2) is 46.9 Å². The first-order valence-corrected chi connectivity index (χ1v) is 5.80. The van der Waals surface area contributed by atoms with Crippen molar-refractivity contribution in [3.8, 4) is 0 Å². The highest BCUT2D eigenvalue weighted by Crippen LogP contribution is 2.23. The minimum atomic E-state index is -0.557. The van der Waals surface area contributed by atoms with E-state index in [1.165, 1.54) is 4.90 Å². The molecule has 0 aliphatic carbocycles. The van der Waals surface area contributed by atoms with Crippen LogP contribution in [0.5, 0.6) is 0 Å². The highest BCUT2D eigenvalue weighted by atomic mass is 16.6. The van der Waals surface area contributed by atoms with Gasteiger partial charge in [0.1, 0.15) is 5.60 Å². The van der Waals surface area contributed by atoms with E-state index < -0.39 is 17.8 Å². The number of nitroso groups, excluding NO2 is 1. The minimum Gasteiger partial charge on any atom is -0.444 e. The highest BCUT2D eigenvalue weighted by molar-refractivity contribution is 5.69. The fourth-order valence-electron chi connectivity index (χ4n) is 1.91. The normalized spacial score (nSPS) is 24.8. The molecule has 98 valence electrons. The quantitative estimate of drug-likeness (QED) is 0.763. The molecule has 0 aromatic rings.